The monoisotopic (exact) mass is 397 g/mol. The van der Waals surface area contributed by atoms with Crippen LogP contribution in [0.5, 0.6) is 0 Å². The van der Waals surface area contributed by atoms with Crippen molar-refractivity contribution in [3.63, 3.8) is 0 Å². The molecule has 2 amide bonds. The van der Waals surface area contributed by atoms with Gasteiger partial charge in [-0.05, 0) is 31.2 Å². The van der Waals surface area contributed by atoms with E-state index in [4.69, 9.17) is 0 Å². The number of aromatic nitrogens is 3. The fourth-order valence-corrected chi connectivity index (χ4v) is 3.86. The molecule has 0 unspecified atom stereocenters. The van der Waals surface area contributed by atoms with Gasteiger partial charge in [0.1, 0.15) is 17.1 Å². The number of hydrogen-bond donors (Lipinski definition) is 2. The Labute approximate surface area is 159 Å². The van der Waals surface area contributed by atoms with Crippen LogP contribution in [-0.4, -0.2) is 39.2 Å². The van der Waals surface area contributed by atoms with Crippen molar-refractivity contribution in [2.24, 2.45) is 13.0 Å². The maximum Gasteiger partial charge on any atom is 0.282 e. The SMILES string of the molecule is Cn1nc(C(F)F)cc1C(=O)N[C@H]1CCC[C@@H](CNC(=O)c2cscn2)C1. The number of carbonyl (C=O) groups is 2. The number of nitrogens with zero attached hydrogens (tertiary/aromatic N) is 3. The van der Waals surface area contributed by atoms with Crippen molar-refractivity contribution in [2.45, 2.75) is 38.2 Å². The highest BCUT2D eigenvalue weighted by molar-refractivity contribution is 7.07. The van der Waals surface area contributed by atoms with Gasteiger partial charge in [-0.3, -0.25) is 14.3 Å². The Bertz CT molecular complexity index is 793. The quantitative estimate of drug-likeness (QED) is 0.784. The number of hydrogen-bond acceptors (Lipinski definition) is 5. The fourth-order valence-electron chi connectivity index (χ4n) is 3.33. The van der Waals surface area contributed by atoms with Crippen molar-refractivity contribution in [3.05, 3.63) is 34.0 Å². The van der Waals surface area contributed by atoms with E-state index in [0.717, 1.165) is 31.7 Å². The van der Waals surface area contributed by atoms with Gasteiger partial charge in [0.05, 0.1) is 5.51 Å². The lowest BCUT2D eigenvalue weighted by molar-refractivity contribution is 0.0893. The first kappa shape index (κ1) is 19.4. The number of nitrogens with one attached hydrogen (secondary N) is 2. The molecule has 0 radical (unpaired) electrons. The molecule has 2 aromatic heterocycles. The molecule has 0 aromatic carbocycles. The molecule has 1 saturated carbocycles. The molecule has 10 heteroatoms. The second-order valence-corrected chi connectivity index (χ2v) is 7.38. The van der Waals surface area contributed by atoms with Crippen LogP contribution >= 0.6 is 11.3 Å². The summed E-state index contributed by atoms with van der Waals surface area (Å²) in [5.41, 5.74) is 1.73. The standard InChI is InChI=1S/C17H21F2N5O2S/c1-24-14(6-12(23-24)15(18)19)17(26)22-11-4-2-3-10(5-11)7-20-16(25)13-8-27-9-21-13/h6,8-11,15H,2-5,7H2,1H3,(H,20,25)(H,22,26)/t10-,11+/m1/s1. The minimum atomic E-state index is -2.71. The highest BCUT2D eigenvalue weighted by Gasteiger charge is 2.26. The van der Waals surface area contributed by atoms with Crippen LogP contribution in [0.4, 0.5) is 8.78 Å². The van der Waals surface area contributed by atoms with Gasteiger partial charge in [0.15, 0.2) is 0 Å². The van der Waals surface area contributed by atoms with Gasteiger partial charge in [-0.1, -0.05) is 6.42 Å². The van der Waals surface area contributed by atoms with Crippen LogP contribution in [0.3, 0.4) is 0 Å². The van der Waals surface area contributed by atoms with Gasteiger partial charge >= 0.3 is 0 Å². The third-order valence-corrected chi connectivity index (χ3v) is 5.28. The highest BCUT2D eigenvalue weighted by Crippen LogP contribution is 2.24. The predicted molar refractivity (Wildman–Crippen MR) is 95.8 cm³/mol. The second-order valence-electron chi connectivity index (χ2n) is 6.67. The Morgan fingerprint density at radius 3 is 2.85 bits per heavy atom. The zero-order valence-corrected chi connectivity index (χ0v) is 15.6. The van der Waals surface area contributed by atoms with Gasteiger partial charge in [0, 0.05) is 25.0 Å². The van der Waals surface area contributed by atoms with Crippen LogP contribution in [0.1, 0.15) is 58.8 Å². The minimum absolute atomic E-state index is 0.0580. The Kier molecular flexibility index (Phi) is 6.15. The van der Waals surface area contributed by atoms with Gasteiger partial charge in [-0.15, -0.1) is 11.3 Å². The van der Waals surface area contributed by atoms with Gasteiger partial charge in [-0.25, -0.2) is 13.8 Å². The molecular formula is C17H21F2N5O2S. The topological polar surface area (TPSA) is 88.9 Å². The van der Waals surface area contributed by atoms with Crippen molar-refractivity contribution in [3.8, 4) is 0 Å². The van der Waals surface area contributed by atoms with Crippen LogP contribution in [-0.2, 0) is 7.05 Å². The molecule has 0 saturated heterocycles. The first-order valence-electron chi connectivity index (χ1n) is 8.73. The molecule has 1 aliphatic rings. The van der Waals surface area contributed by atoms with E-state index in [-0.39, 0.29) is 23.6 Å². The average molecular weight is 397 g/mol. The van der Waals surface area contributed by atoms with Crippen LogP contribution in [0.15, 0.2) is 17.0 Å². The molecule has 0 aliphatic heterocycles. The number of rotatable bonds is 6. The first-order chi connectivity index (χ1) is 12.9. The molecular weight excluding hydrogens is 376 g/mol. The summed E-state index contributed by atoms with van der Waals surface area (Å²) in [6, 6.07) is 1.06. The zero-order chi connectivity index (χ0) is 19.4. The van der Waals surface area contributed by atoms with E-state index in [1.807, 2.05) is 0 Å². The molecule has 2 aromatic rings. The molecule has 0 spiro atoms. The van der Waals surface area contributed by atoms with Crippen molar-refractivity contribution in [2.75, 3.05) is 6.54 Å². The lowest BCUT2D eigenvalue weighted by Gasteiger charge is -2.29. The van der Waals surface area contributed by atoms with E-state index in [0.29, 0.717) is 12.2 Å². The van der Waals surface area contributed by atoms with E-state index < -0.39 is 18.0 Å². The molecule has 7 nitrogen and oxygen atoms in total. The predicted octanol–water partition coefficient (Wildman–Crippen LogP) is 2.53. The Morgan fingerprint density at radius 2 is 2.19 bits per heavy atom. The zero-order valence-electron chi connectivity index (χ0n) is 14.8. The third kappa shape index (κ3) is 4.88. The van der Waals surface area contributed by atoms with Crippen molar-refractivity contribution < 1.29 is 18.4 Å². The number of amides is 2. The molecule has 1 aliphatic carbocycles. The molecule has 2 atom stereocenters. The largest absolute Gasteiger partial charge is 0.350 e. The summed E-state index contributed by atoms with van der Waals surface area (Å²) in [6.45, 7) is 0.518. The summed E-state index contributed by atoms with van der Waals surface area (Å²) in [5.74, 6) is -0.360. The second kappa shape index (κ2) is 8.55. The Morgan fingerprint density at radius 1 is 1.37 bits per heavy atom. The van der Waals surface area contributed by atoms with E-state index in [1.54, 1.807) is 10.9 Å². The molecule has 0 bridgehead atoms. The number of thiazole rings is 1. The van der Waals surface area contributed by atoms with E-state index in [1.165, 1.54) is 23.1 Å². The van der Waals surface area contributed by atoms with E-state index in [2.05, 4.69) is 20.7 Å². The number of halogens is 2. The number of alkyl halides is 2. The average Bonchev–Trinajstić information content (AvgIpc) is 3.30. The summed E-state index contributed by atoms with van der Waals surface area (Å²) >= 11 is 1.37. The molecule has 2 N–H and O–H groups in total. The minimum Gasteiger partial charge on any atom is -0.350 e. The maximum atomic E-state index is 12.7. The summed E-state index contributed by atoms with van der Waals surface area (Å²) in [4.78, 5) is 28.4. The van der Waals surface area contributed by atoms with E-state index in [9.17, 15) is 18.4 Å². The maximum absolute atomic E-state index is 12.7. The number of aryl methyl sites for hydroxylation is 1. The van der Waals surface area contributed by atoms with Crippen LogP contribution in [0.25, 0.3) is 0 Å². The highest BCUT2D eigenvalue weighted by atomic mass is 32.1. The van der Waals surface area contributed by atoms with Gasteiger partial charge in [0.2, 0.25) is 0 Å². The first-order valence-corrected chi connectivity index (χ1v) is 9.67. The van der Waals surface area contributed by atoms with Crippen LogP contribution < -0.4 is 10.6 Å². The van der Waals surface area contributed by atoms with Gasteiger partial charge < -0.3 is 10.6 Å². The van der Waals surface area contributed by atoms with Gasteiger partial charge in [-0.2, -0.15) is 5.10 Å². The van der Waals surface area contributed by atoms with Crippen molar-refractivity contribution in [1.82, 2.24) is 25.4 Å². The van der Waals surface area contributed by atoms with Crippen LogP contribution in [0.2, 0.25) is 0 Å². The summed E-state index contributed by atoms with van der Waals surface area (Å²) in [7, 11) is 1.47. The molecule has 3 rings (SSSR count). The summed E-state index contributed by atoms with van der Waals surface area (Å²) in [5, 5.41) is 11.1. The lowest BCUT2D eigenvalue weighted by Crippen LogP contribution is -2.41. The molecule has 2 heterocycles. The number of carbonyl (C=O) groups excluding carboxylic acids is 2. The molecule has 1 fully saturated rings. The van der Waals surface area contributed by atoms with Crippen molar-refractivity contribution >= 4 is 23.2 Å². The molecule has 27 heavy (non-hydrogen) atoms. The lowest BCUT2D eigenvalue weighted by atomic mass is 9.85. The summed E-state index contributed by atoms with van der Waals surface area (Å²) in [6.07, 6.45) is 0.726. The fraction of sp³-hybridized carbons (Fsp3) is 0.529. The molecule has 146 valence electrons. The third-order valence-electron chi connectivity index (χ3n) is 4.69. The Hall–Kier alpha value is -2.36. The van der Waals surface area contributed by atoms with Crippen molar-refractivity contribution in [1.29, 1.82) is 0 Å². The van der Waals surface area contributed by atoms with Crippen LogP contribution in [0, 0.1) is 5.92 Å². The smallest absolute Gasteiger partial charge is 0.282 e. The summed E-state index contributed by atoms with van der Waals surface area (Å²) < 4.78 is 26.7. The normalized spacial score (nSPS) is 19.9. The Balaban J connectivity index is 1.52. The van der Waals surface area contributed by atoms with E-state index >= 15 is 0 Å². The van der Waals surface area contributed by atoms with Gasteiger partial charge in [0.25, 0.3) is 18.2 Å².